The van der Waals surface area contributed by atoms with Gasteiger partial charge in [0.15, 0.2) is 5.79 Å². The number of rotatable bonds is 6. The maximum atomic E-state index is 12.1. The van der Waals surface area contributed by atoms with Gasteiger partial charge in [-0.15, -0.1) is 0 Å². The Bertz CT molecular complexity index is 1130. The Hall–Kier alpha value is -3.69. The Morgan fingerprint density at radius 2 is 1.08 bits per heavy atom. The van der Waals surface area contributed by atoms with Crippen molar-refractivity contribution in [2.45, 2.75) is 47.3 Å². The fraction of sp³-hybridized carbons (Fsp3) is 0.393. The first-order valence-corrected chi connectivity index (χ1v) is 11.4. The first-order chi connectivity index (χ1) is 16.7. The Balaban J connectivity index is 0.000000250. The SMILES string of the molecule is C.C.CC(=O)CCN1C(=O)c2ccccc2C1=O.CC1(CCN2C(=O)c3ccccc3C2=O)OCCO1. The molecule has 0 aliphatic carbocycles. The summed E-state index contributed by atoms with van der Waals surface area (Å²) >= 11 is 0. The van der Waals surface area contributed by atoms with Gasteiger partial charge in [0.25, 0.3) is 23.6 Å². The second kappa shape index (κ2) is 12.0. The molecule has 3 aliphatic heterocycles. The van der Waals surface area contributed by atoms with E-state index < -0.39 is 5.79 Å². The van der Waals surface area contributed by atoms with Crippen molar-refractivity contribution in [1.29, 1.82) is 0 Å². The molecule has 0 unspecified atom stereocenters. The van der Waals surface area contributed by atoms with Crippen LogP contribution in [0.5, 0.6) is 0 Å². The number of amides is 4. The summed E-state index contributed by atoms with van der Waals surface area (Å²) in [7, 11) is 0. The third-order valence-corrected chi connectivity index (χ3v) is 6.13. The summed E-state index contributed by atoms with van der Waals surface area (Å²) in [6.07, 6.45) is 0.698. The molecule has 198 valence electrons. The van der Waals surface area contributed by atoms with Crippen molar-refractivity contribution in [2.75, 3.05) is 26.3 Å². The zero-order chi connectivity index (χ0) is 25.2. The summed E-state index contributed by atoms with van der Waals surface area (Å²) in [6, 6.07) is 13.6. The highest BCUT2D eigenvalue weighted by Gasteiger charge is 2.38. The van der Waals surface area contributed by atoms with Crippen LogP contribution in [-0.4, -0.2) is 71.3 Å². The number of imide groups is 2. The van der Waals surface area contributed by atoms with Crippen LogP contribution in [-0.2, 0) is 14.3 Å². The van der Waals surface area contributed by atoms with E-state index in [9.17, 15) is 24.0 Å². The van der Waals surface area contributed by atoms with Crippen molar-refractivity contribution in [3.63, 3.8) is 0 Å². The minimum absolute atomic E-state index is 0. The molecule has 0 bridgehead atoms. The molecule has 9 heteroatoms. The summed E-state index contributed by atoms with van der Waals surface area (Å²) in [4.78, 5) is 61.1. The molecule has 1 saturated heterocycles. The minimum Gasteiger partial charge on any atom is -0.348 e. The number of Topliss-reactive ketones (excluding diaryl/α,β-unsaturated/α-hetero) is 1. The molecule has 0 aromatic heterocycles. The van der Waals surface area contributed by atoms with Crippen LogP contribution >= 0.6 is 0 Å². The predicted molar refractivity (Wildman–Crippen MR) is 137 cm³/mol. The van der Waals surface area contributed by atoms with Crippen LogP contribution in [0.3, 0.4) is 0 Å². The maximum absolute atomic E-state index is 12.1. The lowest BCUT2D eigenvalue weighted by molar-refractivity contribution is -0.147. The molecule has 0 saturated carbocycles. The van der Waals surface area contributed by atoms with E-state index in [-0.39, 0.29) is 57.2 Å². The van der Waals surface area contributed by atoms with Crippen molar-refractivity contribution in [2.24, 2.45) is 0 Å². The molecule has 5 rings (SSSR count). The Kier molecular flexibility index (Phi) is 9.61. The first kappa shape index (κ1) is 29.5. The number of carbonyl (C=O) groups is 5. The zero-order valence-corrected chi connectivity index (χ0v) is 19.6. The van der Waals surface area contributed by atoms with Crippen LogP contribution in [0, 0.1) is 0 Å². The summed E-state index contributed by atoms with van der Waals surface area (Å²) in [5.74, 6) is -1.79. The number of hydrogen-bond donors (Lipinski definition) is 0. The lowest BCUT2D eigenvalue weighted by atomic mass is 10.1. The lowest BCUT2D eigenvalue weighted by Gasteiger charge is -2.24. The van der Waals surface area contributed by atoms with E-state index in [0.29, 0.717) is 48.4 Å². The van der Waals surface area contributed by atoms with E-state index >= 15 is 0 Å². The largest absolute Gasteiger partial charge is 0.348 e. The molecule has 3 heterocycles. The number of fused-ring (bicyclic) bond motifs is 2. The Morgan fingerprint density at radius 3 is 1.43 bits per heavy atom. The summed E-state index contributed by atoms with van der Waals surface area (Å²) < 4.78 is 11.0. The van der Waals surface area contributed by atoms with E-state index in [1.54, 1.807) is 48.5 Å². The number of hydrogen-bond acceptors (Lipinski definition) is 7. The fourth-order valence-corrected chi connectivity index (χ4v) is 4.17. The monoisotopic (exact) mass is 510 g/mol. The highest BCUT2D eigenvalue weighted by atomic mass is 16.7. The fourth-order valence-electron chi connectivity index (χ4n) is 4.17. The highest BCUT2D eigenvalue weighted by molar-refractivity contribution is 6.22. The maximum Gasteiger partial charge on any atom is 0.261 e. The molecule has 9 nitrogen and oxygen atoms in total. The van der Waals surface area contributed by atoms with Crippen LogP contribution in [0.2, 0.25) is 0 Å². The van der Waals surface area contributed by atoms with E-state index in [1.807, 2.05) is 6.92 Å². The lowest BCUT2D eigenvalue weighted by Crippen LogP contribution is -2.36. The van der Waals surface area contributed by atoms with Gasteiger partial charge in [0.2, 0.25) is 0 Å². The summed E-state index contributed by atoms with van der Waals surface area (Å²) in [6.45, 7) is 4.86. The van der Waals surface area contributed by atoms with Crippen LogP contribution in [0.15, 0.2) is 48.5 Å². The molecule has 0 N–H and O–H groups in total. The molecule has 3 aliphatic rings. The number of ether oxygens (including phenoxy) is 2. The first-order valence-electron chi connectivity index (χ1n) is 11.4. The number of ketones is 1. The van der Waals surface area contributed by atoms with Gasteiger partial charge < -0.3 is 9.47 Å². The van der Waals surface area contributed by atoms with Gasteiger partial charge in [0.05, 0.1) is 35.5 Å². The molecule has 2 aromatic rings. The molecule has 0 spiro atoms. The molecule has 37 heavy (non-hydrogen) atoms. The van der Waals surface area contributed by atoms with E-state index in [1.165, 1.54) is 11.8 Å². The van der Waals surface area contributed by atoms with Crippen molar-refractivity contribution >= 4 is 29.4 Å². The van der Waals surface area contributed by atoms with Gasteiger partial charge in [-0.1, -0.05) is 39.1 Å². The van der Waals surface area contributed by atoms with Crippen LogP contribution < -0.4 is 0 Å². The van der Waals surface area contributed by atoms with Crippen LogP contribution in [0.4, 0.5) is 0 Å². The quantitative estimate of drug-likeness (QED) is 0.541. The number of benzene rings is 2. The van der Waals surface area contributed by atoms with Gasteiger partial charge in [0, 0.05) is 25.9 Å². The molecule has 0 radical (unpaired) electrons. The van der Waals surface area contributed by atoms with Crippen molar-refractivity contribution in [1.82, 2.24) is 9.80 Å². The number of carbonyl (C=O) groups excluding carboxylic acids is 5. The van der Waals surface area contributed by atoms with Gasteiger partial charge in [-0.3, -0.25) is 33.8 Å². The average molecular weight is 511 g/mol. The van der Waals surface area contributed by atoms with Gasteiger partial charge in [-0.25, -0.2) is 0 Å². The van der Waals surface area contributed by atoms with Gasteiger partial charge in [0.1, 0.15) is 5.78 Å². The smallest absolute Gasteiger partial charge is 0.261 e. The third kappa shape index (κ3) is 6.00. The topological polar surface area (TPSA) is 110 Å². The van der Waals surface area contributed by atoms with Crippen molar-refractivity contribution in [3.8, 4) is 0 Å². The number of nitrogens with zero attached hydrogens (tertiary/aromatic N) is 2. The summed E-state index contributed by atoms with van der Waals surface area (Å²) in [5, 5.41) is 0. The van der Waals surface area contributed by atoms with Gasteiger partial charge in [-0.05, 0) is 38.1 Å². The second-order valence-electron chi connectivity index (χ2n) is 8.65. The third-order valence-electron chi connectivity index (χ3n) is 6.13. The second-order valence-corrected chi connectivity index (χ2v) is 8.65. The molecule has 4 amide bonds. The molecular weight excluding hydrogens is 476 g/mol. The normalized spacial score (nSPS) is 16.9. The Labute approximate surface area is 217 Å². The van der Waals surface area contributed by atoms with E-state index in [4.69, 9.17) is 9.47 Å². The molecule has 1 fully saturated rings. The van der Waals surface area contributed by atoms with Crippen LogP contribution in [0.1, 0.15) is 83.0 Å². The molecular formula is C28H34N2O7. The van der Waals surface area contributed by atoms with Crippen molar-refractivity contribution < 1.29 is 33.4 Å². The Morgan fingerprint density at radius 1 is 0.730 bits per heavy atom. The van der Waals surface area contributed by atoms with E-state index in [2.05, 4.69) is 0 Å². The summed E-state index contributed by atoms with van der Waals surface area (Å²) in [5.41, 5.74) is 1.81. The predicted octanol–water partition coefficient (Wildman–Crippen LogP) is 3.97. The minimum atomic E-state index is -0.685. The standard InChI is InChI=1S/C14H15NO4.C12H11NO3.2CH4/c1-14(18-8-9-19-14)6-7-15-12(16)10-4-2-3-5-11(10)13(15)17;1-8(14)6-7-13-11(15)9-4-2-3-5-10(9)12(13)16;;/h2-5H,6-9H2,1H3;2-5H,6-7H2,1H3;2*1H4. The zero-order valence-electron chi connectivity index (χ0n) is 19.6. The van der Waals surface area contributed by atoms with Crippen LogP contribution in [0.25, 0.3) is 0 Å². The van der Waals surface area contributed by atoms with Gasteiger partial charge >= 0.3 is 0 Å². The highest BCUT2D eigenvalue weighted by Crippen LogP contribution is 2.27. The van der Waals surface area contributed by atoms with Gasteiger partial charge in [-0.2, -0.15) is 0 Å². The average Bonchev–Trinajstić information content (AvgIpc) is 3.47. The molecule has 0 atom stereocenters. The molecule has 2 aromatic carbocycles. The van der Waals surface area contributed by atoms with Crippen molar-refractivity contribution in [3.05, 3.63) is 70.8 Å². The van der Waals surface area contributed by atoms with E-state index in [0.717, 1.165) is 4.90 Å².